The van der Waals surface area contributed by atoms with Gasteiger partial charge in [0.1, 0.15) is 5.75 Å². The van der Waals surface area contributed by atoms with E-state index in [9.17, 15) is 4.79 Å². The number of fused-ring (bicyclic) bond motifs is 3. The van der Waals surface area contributed by atoms with E-state index >= 15 is 0 Å². The quantitative estimate of drug-likeness (QED) is 0.846. The monoisotopic (exact) mass is 330 g/mol. The fraction of sp³-hybridized carbons (Fsp3) is 0.389. The summed E-state index contributed by atoms with van der Waals surface area (Å²) in [4.78, 5) is 14.3. The number of amides is 1. The molecule has 2 aromatic rings. The van der Waals surface area contributed by atoms with Crippen LogP contribution in [0.2, 0.25) is 0 Å². The molecule has 1 heterocycles. The van der Waals surface area contributed by atoms with Crippen LogP contribution in [0.25, 0.3) is 10.4 Å². The van der Waals surface area contributed by atoms with Crippen LogP contribution >= 0.6 is 11.3 Å². The van der Waals surface area contributed by atoms with Crippen LogP contribution in [0.1, 0.15) is 41.6 Å². The van der Waals surface area contributed by atoms with Crippen molar-refractivity contribution < 1.29 is 9.53 Å². The molecule has 1 aromatic carbocycles. The molecule has 2 N–H and O–H groups in total. The highest BCUT2D eigenvalue weighted by atomic mass is 32.1. The average Bonchev–Trinajstić information content (AvgIpc) is 2.95. The summed E-state index contributed by atoms with van der Waals surface area (Å²) < 4.78 is 5.31. The number of benzene rings is 1. The molecule has 0 spiro atoms. The Morgan fingerprint density at radius 3 is 2.61 bits per heavy atom. The van der Waals surface area contributed by atoms with Gasteiger partial charge in [-0.25, -0.2) is 5.43 Å². The van der Waals surface area contributed by atoms with Crippen molar-refractivity contribution in [1.82, 2.24) is 10.9 Å². The van der Waals surface area contributed by atoms with Gasteiger partial charge in [-0.15, -0.1) is 11.3 Å². The molecule has 4 nitrogen and oxygen atoms in total. The van der Waals surface area contributed by atoms with Crippen molar-refractivity contribution in [1.29, 1.82) is 0 Å². The first kappa shape index (κ1) is 16.0. The average molecular weight is 330 g/mol. The Kier molecular flexibility index (Phi) is 4.17. The van der Waals surface area contributed by atoms with Crippen LogP contribution in [0.3, 0.4) is 0 Å². The van der Waals surface area contributed by atoms with Gasteiger partial charge in [-0.1, -0.05) is 0 Å². The van der Waals surface area contributed by atoms with Gasteiger partial charge in [0.2, 0.25) is 0 Å². The van der Waals surface area contributed by atoms with E-state index in [0.717, 1.165) is 23.5 Å². The van der Waals surface area contributed by atoms with Crippen molar-refractivity contribution in [2.24, 2.45) is 0 Å². The second-order valence-electron chi connectivity index (χ2n) is 6.82. The zero-order chi connectivity index (χ0) is 16.6. The van der Waals surface area contributed by atoms with Crippen LogP contribution in [-0.2, 0) is 12.8 Å². The summed E-state index contributed by atoms with van der Waals surface area (Å²) in [5.41, 5.74) is 9.43. The Hall–Kier alpha value is -1.85. The SMILES string of the molecule is COc1ccc2c(c1)CCc1cc(C(=O)NNC(C)(C)C)sc1-2. The van der Waals surface area contributed by atoms with E-state index in [0.29, 0.717) is 0 Å². The third kappa shape index (κ3) is 3.41. The number of hydrogen-bond donors (Lipinski definition) is 2. The Bertz CT molecular complexity index is 744. The molecular formula is C18H22N2O2S. The highest BCUT2D eigenvalue weighted by Gasteiger charge is 2.22. The number of rotatable bonds is 3. The lowest BCUT2D eigenvalue weighted by Gasteiger charge is -2.20. The normalized spacial score (nSPS) is 13.2. The first-order valence-electron chi connectivity index (χ1n) is 7.75. The van der Waals surface area contributed by atoms with Gasteiger partial charge in [0.15, 0.2) is 0 Å². The fourth-order valence-electron chi connectivity index (χ4n) is 2.65. The highest BCUT2D eigenvalue weighted by molar-refractivity contribution is 7.17. The Balaban J connectivity index is 1.86. The van der Waals surface area contributed by atoms with Crippen LogP contribution in [0.4, 0.5) is 0 Å². The van der Waals surface area contributed by atoms with Gasteiger partial charge in [0, 0.05) is 10.4 Å². The summed E-state index contributed by atoms with van der Waals surface area (Å²) in [6.45, 7) is 6.03. The first-order valence-corrected chi connectivity index (χ1v) is 8.56. The van der Waals surface area contributed by atoms with Crippen molar-refractivity contribution >= 4 is 17.2 Å². The first-order chi connectivity index (χ1) is 10.9. The predicted molar refractivity (Wildman–Crippen MR) is 94.1 cm³/mol. The maximum absolute atomic E-state index is 12.3. The molecule has 5 heteroatoms. The number of thiophene rings is 1. The Morgan fingerprint density at radius 2 is 1.91 bits per heavy atom. The molecule has 1 aliphatic rings. The Labute approximate surface area is 140 Å². The number of aryl methyl sites for hydroxylation is 2. The smallest absolute Gasteiger partial charge is 0.275 e. The number of ether oxygens (including phenoxy) is 1. The number of hydrazine groups is 1. The zero-order valence-corrected chi connectivity index (χ0v) is 14.8. The topological polar surface area (TPSA) is 50.4 Å². The van der Waals surface area contributed by atoms with Crippen LogP contribution in [0.5, 0.6) is 5.75 Å². The summed E-state index contributed by atoms with van der Waals surface area (Å²) in [5.74, 6) is 0.811. The summed E-state index contributed by atoms with van der Waals surface area (Å²) in [5, 5.41) is 0. The molecule has 1 amide bonds. The van der Waals surface area contributed by atoms with Crippen molar-refractivity contribution in [3.8, 4) is 16.2 Å². The minimum Gasteiger partial charge on any atom is -0.497 e. The molecule has 23 heavy (non-hydrogen) atoms. The lowest BCUT2D eigenvalue weighted by atomic mass is 9.91. The summed E-state index contributed by atoms with van der Waals surface area (Å²) in [6.07, 6.45) is 1.95. The Morgan fingerprint density at radius 1 is 1.17 bits per heavy atom. The summed E-state index contributed by atoms with van der Waals surface area (Å²) >= 11 is 1.56. The minimum absolute atomic E-state index is 0.0746. The number of carbonyl (C=O) groups is 1. The molecule has 0 saturated heterocycles. The van der Waals surface area contributed by atoms with E-state index < -0.39 is 0 Å². The highest BCUT2D eigenvalue weighted by Crippen LogP contribution is 2.40. The molecule has 3 rings (SSSR count). The van der Waals surface area contributed by atoms with Crippen molar-refractivity contribution in [2.45, 2.75) is 39.2 Å². The molecule has 1 aliphatic carbocycles. The van der Waals surface area contributed by atoms with Crippen LogP contribution in [0.15, 0.2) is 24.3 Å². The van der Waals surface area contributed by atoms with Crippen LogP contribution in [-0.4, -0.2) is 18.6 Å². The van der Waals surface area contributed by atoms with Gasteiger partial charge < -0.3 is 4.74 Å². The number of hydrogen-bond acceptors (Lipinski definition) is 4. The van der Waals surface area contributed by atoms with E-state index in [1.165, 1.54) is 21.6 Å². The van der Waals surface area contributed by atoms with Gasteiger partial charge in [0.25, 0.3) is 5.91 Å². The summed E-state index contributed by atoms with van der Waals surface area (Å²) in [7, 11) is 1.69. The van der Waals surface area contributed by atoms with Gasteiger partial charge in [-0.2, -0.15) is 0 Å². The molecule has 0 bridgehead atoms. The lowest BCUT2D eigenvalue weighted by Crippen LogP contribution is -2.48. The fourth-order valence-corrected chi connectivity index (χ4v) is 3.82. The standard InChI is InChI=1S/C18H22N2O2S/c1-18(2,3)20-19-17(21)15-10-12-6-5-11-9-13(22-4)7-8-14(11)16(12)23-15/h7-10,20H,5-6H2,1-4H3,(H,19,21). The molecular weight excluding hydrogens is 308 g/mol. The van der Waals surface area contributed by atoms with E-state index in [4.69, 9.17) is 4.74 Å². The zero-order valence-electron chi connectivity index (χ0n) is 13.9. The number of nitrogens with one attached hydrogen (secondary N) is 2. The second kappa shape index (κ2) is 5.98. The van der Waals surface area contributed by atoms with Gasteiger partial charge in [-0.3, -0.25) is 10.2 Å². The van der Waals surface area contributed by atoms with Crippen LogP contribution < -0.4 is 15.6 Å². The van der Waals surface area contributed by atoms with Crippen molar-refractivity contribution in [2.75, 3.05) is 7.11 Å². The van der Waals surface area contributed by atoms with E-state index in [1.54, 1.807) is 18.4 Å². The maximum Gasteiger partial charge on any atom is 0.275 e. The molecule has 122 valence electrons. The van der Waals surface area contributed by atoms with Crippen LogP contribution in [0, 0.1) is 0 Å². The van der Waals surface area contributed by atoms with E-state index in [1.807, 2.05) is 32.9 Å². The molecule has 0 atom stereocenters. The van der Waals surface area contributed by atoms with E-state index in [2.05, 4.69) is 23.0 Å². The molecule has 0 unspecified atom stereocenters. The van der Waals surface area contributed by atoms with Gasteiger partial charge in [-0.05, 0) is 74.6 Å². The van der Waals surface area contributed by atoms with Crippen molar-refractivity contribution in [3.05, 3.63) is 40.3 Å². The third-order valence-electron chi connectivity index (χ3n) is 3.80. The maximum atomic E-state index is 12.3. The van der Waals surface area contributed by atoms with E-state index in [-0.39, 0.29) is 11.4 Å². The lowest BCUT2D eigenvalue weighted by molar-refractivity contribution is 0.0918. The largest absolute Gasteiger partial charge is 0.497 e. The predicted octanol–water partition coefficient (Wildman–Crippen LogP) is 3.56. The molecule has 0 aliphatic heterocycles. The minimum atomic E-state index is -0.157. The number of methoxy groups -OCH3 is 1. The van der Waals surface area contributed by atoms with Crippen molar-refractivity contribution in [3.63, 3.8) is 0 Å². The van der Waals surface area contributed by atoms with Gasteiger partial charge >= 0.3 is 0 Å². The molecule has 0 radical (unpaired) electrons. The summed E-state index contributed by atoms with van der Waals surface area (Å²) in [6, 6.07) is 8.19. The molecule has 0 fully saturated rings. The molecule has 0 saturated carbocycles. The second-order valence-corrected chi connectivity index (χ2v) is 7.87. The molecule has 1 aromatic heterocycles. The number of carbonyl (C=O) groups excluding carboxylic acids is 1. The van der Waals surface area contributed by atoms with Gasteiger partial charge in [0.05, 0.1) is 12.0 Å². The third-order valence-corrected chi connectivity index (χ3v) is 5.01.